The number of rotatable bonds is 5. The number of carbonyl (C=O) groups excluding carboxylic acids is 1. The highest BCUT2D eigenvalue weighted by atomic mass is 32.2. The number of nitrogens with one attached hydrogen (secondary N) is 1. The van der Waals surface area contributed by atoms with Gasteiger partial charge in [-0.3, -0.25) is 9.48 Å². The summed E-state index contributed by atoms with van der Waals surface area (Å²) in [5.41, 5.74) is 0.965. The second-order valence-electron chi connectivity index (χ2n) is 5.82. The van der Waals surface area contributed by atoms with E-state index in [0.29, 0.717) is 19.5 Å². The third kappa shape index (κ3) is 3.49. The van der Waals surface area contributed by atoms with Gasteiger partial charge in [0.2, 0.25) is 15.9 Å². The molecule has 0 fully saturated rings. The van der Waals surface area contributed by atoms with Crippen molar-refractivity contribution in [3.05, 3.63) is 48.3 Å². The summed E-state index contributed by atoms with van der Waals surface area (Å²) >= 11 is 0. The van der Waals surface area contributed by atoms with Crippen LogP contribution in [-0.4, -0.2) is 42.1 Å². The molecule has 0 bridgehead atoms. The van der Waals surface area contributed by atoms with Crippen molar-refractivity contribution in [1.29, 1.82) is 0 Å². The smallest absolute Gasteiger partial charge is 0.240 e. The third-order valence-electron chi connectivity index (χ3n) is 4.15. The molecule has 24 heavy (non-hydrogen) atoms. The Bertz CT molecular complexity index is 817. The number of aromatic nitrogens is 2. The van der Waals surface area contributed by atoms with Gasteiger partial charge in [-0.15, -0.1) is 0 Å². The Labute approximate surface area is 141 Å². The highest BCUT2D eigenvalue weighted by Crippen LogP contribution is 2.22. The van der Waals surface area contributed by atoms with Crippen molar-refractivity contribution in [1.82, 2.24) is 19.4 Å². The van der Waals surface area contributed by atoms with E-state index in [1.807, 2.05) is 10.7 Å². The molecule has 1 N–H and O–H groups in total. The number of benzene rings is 1. The highest BCUT2D eigenvalue weighted by Gasteiger charge is 2.27. The van der Waals surface area contributed by atoms with Crippen molar-refractivity contribution in [2.75, 3.05) is 13.1 Å². The first-order valence-electron chi connectivity index (χ1n) is 7.80. The van der Waals surface area contributed by atoms with Gasteiger partial charge in [-0.25, -0.2) is 13.1 Å². The number of hydrogen-bond donors (Lipinski definition) is 1. The van der Waals surface area contributed by atoms with Crippen LogP contribution in [0, 0.1) is 0 Å². The minimum absolute atomic E-state index is 0.0114. The first-order chi connectivity index (χ1) is 11.5. The topological polar surface area (TPSA) is 84.3 Å². The minimum Gasteiger partial charge on any atom is -0.335 e. The molecule has 2 aromatic rings. The van der Waals surface area contributed by atoms with Gasteiger partial charge in [0.1, 0.15) is 0 Å². The lowest BCUT2D eigenvalue weighted by molar-refractivity contribution is -0.130. The average molecular weight is 348 g/mol. The molecule has 1 amide bonds. The normalized spacial score (nSPS) is 17.5. The van der Waals surface area contributed by atoms with Gasteiger partial charge in [0, 0.05) is 26.2 Å². The SMILES string of the molecule is CC(=O)N1Cc2ccnn2[C@H](CCNS(=O)(=O)c2ccccc2)C1. The molecule has 0 spiro atoms. The summed E-state index contributed by atoms with van der Waals surface area (Å²) in [6.45, 7) is 2.91. The number of hydrogen-bond acceptors (Lipinski definition) is 4. The lowest BCUT2D eigenvalue weighted by Crippen LogP contribution is -2.41. The van der Waals surface area contributed by atoms with E-state index in [1.165, 1.54) is 0 Å². The minimum atomic E-state index is -3.52. The predicted octanol–water partition coefficient (Wildman–Crippen LogP) is 1.15. The van der Waals surface area contributed by atoms with E-state index in [0.717, 1.165) is 5.69 Å². The average Bonchev–Trinajstić information content (AvgIpc) is 3.04. The number of nitrogens with zero attached hydrogens (tertiary/aromatic N) is 3. The second-order valence-corrected chi connectivity index (χ2v) is 7.59. The van der Waals surface area contributed by atoms with Crippen LogP contribution in [0.15, 0.2) is 47.5 Å². The van der Waals surface area contributed by atoms with Crippen molar-refractivity contribution in [3.63, 3.8) is 0 Å². The Morgan fingerprint density at radius 1 is 1.29 bits per heavy atom. The summed E-state index contributed by atoms with van der Waals surface area (Å²) in [5.74, 6) is 0.0114. The van der Waals surface area contributed by atoms with Gasteiger partial charge in [0.25, 0.3) is 0 Å². The molecule has 1 atom stereocenters. The van der Waals surface area contributed by atoms with Gasteiger partial charge in [-0.1, -0.05) is 18.2 Å². The largest absolute Gasteiger partial charge is 0.335 e. The molecular formula is C16H20N4O3S. The molecule has 2 heterocycles. The molecule has 1 aliphatic heterocycles. The van der Waals surface area contributed by atoms with E-state index in [1.54, 1.807) is 48.4 Å². The summed E-state index contributed by atoms with van der Waals surface area (Å²) in [4.78, 5) is 13.7. The van der Waals surface area contributed by atoms with Crippen molar-refractivity contribution in [2.24, 2.45) is 0 Å². The van der Waals surface area contributed by atoms with Crippen LogP contribution in [-0.2, 0) is 21.4 Å². The molecule has 7 nitrogen and oxygen atoms in total. The summed E-state index contributed by atoms with van der Waals surface area (Å²) in [5, 5.41) is 4.31. The number of fused-ring (bicyclic) bond motifs is 1. The maximum absolute atomic E-state index is 12.2. The molecule has 1 aliphatic rings. The molecule has 3 rings (SSSR count). The summed E-state index contributed by atoms with van der Waals surface area (Å²) in [7, 11) is -3.52. The molecule has 0 saturated heterocycles. The van der Waals surface area contributed by atoms with Crippen molar-refractivity contribution in [3.8, 4) is 0 Å². The van der Waals surface area contributed by atoms with E-state index in [4.69, 9.17) is 0 Å². The van der Waals surface area contributed by atoms with Crippen LogP contribution >= 0.6 is 0 Å². The molecule has 8 heteroatoms. The fourth-order valence-electron chi connectivity index (χ4n) is 2.88. The Kier molecular flexibility index (Phi) is 4.68. The monoisotopic (exact) mass is 348 g/mol. The third-order valence-corrected chi connectivity index (χ3v) is 5.63. The molecule has 0 saturated carbocycles. The quantitative estimate of drug-likeness (QED) is 0.879. The number of sulfonamides is 1. The zero-order valence-electron chi connectivity index (χ0n) is 13.4. The molecular weight excluding hydrogens is 328 g/mol. The van der Waals surface area contributed by atoms with E-state index in [2.05, 4.69) is 9.82 Å². The Morgan fingerprint density at radius 2 is 2.04 bits per heavy atom. The second kappa shape index (κ2) is 6.74. The maximum Gasteiger partial charge on any atom is 0.240 e. The van der Waals surface area contributed by atoms with Crippen molar-refractivity contribution in [2.45, 2.75) is 30.8 Å². The number of carbonyl (C=O) groups is 1. The highest BCUT2D eigenvalue weighted by molar-refractivity contribution is 7.89. The van der Waals surface area contributed by atoms with Gasteiger partial charge >= 0.3 is 0 Å². The molecule has 1 aromatic heterocycles. The fraction of sp³-hybridized carbons (Fsp3) is 0.375. The van der Waals surface area contributed by atoms with Crippen LogP contribution < -0.4 is 4.72 Å². The predicted molar refractivity (Wildman–Crippen MR) is 88.6 cm³/mol. The standard InChI is InChI=1S/C16H20N4O3S/c1-13(21)19-11-14-7-9-17-20(14)15(12-19)8-10-18-24(22,23)16-5-3-2-4-6-16/h2-7,9,15,18H,8,10-12H2,1H3/t15-/m1/s1. The molecule has 0 radical (unpaired) electrons. The van der Waals surface area contributed by atoms with E-state index >= 15 is 0 Å². The molecule has 0 unspecified atom stereocenters. The summed E-state index contributed by atoms with van der Waals surface area (Å²) in [6.07, 6.45) is 2.27. The zero-order chi connectivity index (χ0) is 17.2. The van der Waals surface area contributed by atoms with Gasteiger partial charge in [-0.05, 0) is 24.6 Å². The molecule has 0 aliphatic carbocycles. The van der Waals surface area contributed by atoms with Crippen LogP contribution in [0.3, 0.4) is 0 Å². The van der Waals surface area contributed by atoms with Crippen LogP contribution in [0.4, 0.5) is 0 Å². The van der Waals surface area contributed by atoms with Crippen LogP contribution in [0.25, 0.3) is 0 Å². The van der Waals surface area contributed by atoms with E-state index in [-0.39, 0.29) is 23.4 Å². The summed E-state index contributed by atoms with van der Waals surface area (Å²) in [6, 6.07) is 10.1. The molecule has 1 aromatic carbocycles. The Hall–Kier alpha value is -2.19. The molecule has 128 valence electrons. The van der Waals surface area contributed by atoms with E-state index < -0.39 is 10.0 Å². The van der Waals surface area contributed by atoms with Gasteiger partial charge in [0.05, 0.1) is 23.2 Å². The van der Waals surface area contributed by atoms with Gasteiger partial charge in [-0.2, -0.15) is 5.10 Å². The lowest BCUT2D eigenvalue weighted by atomic mass is 10.1. The maximum atomic E-state index is 12.2. The van der Waals surface area contributed by atoms with Gasteiger partial charge < -0.3 is 4.90 Å². The fourth-order valence-corrected chi connectivity index (χ4v) is 3.95. The first-order valence-corrected chi connectivity index (χ1v) is 9.28. The van der Waals surface area contributed by atoms with Crippen LogP contribution in [0.5, 0.6) is 0 Å². The van der Waals surface area contributed by atoms with Gasteiger partial charge in [0.15, 0.2) is 0 Å². The zero-order valence-corrected chi connectivity index (χ0v) is 14.2. The Balaban J connectivity index is 1.66. The van der Waals surface area contributed by atoms with Crippen molar-refractivity contribution < 1.29 is 13.2 Å². The lowest BCUT2D eigenvalue weighted by Gasteiger charge is -2.33. The van der Waals surface area contributed by atoms with Crippen LogP contribution in [0.1, 0.15) is 25.1 Å². The Morgan fingerprint density at radius 3 is 2.75 bits per heavy atom. The van der Waals surface area contributed by atoms with Crippen molar-refractivity contribution >= 4 is 15.9 Å². The first kappa shape index (κ1) is 16.7. The van der Waals surface area contributed by atoms with Crippen LogP contribution in [0.2, 0.25) is 0 Å². The number of amides is 1. The van der Waals surface area contributed by atoms with E-state index in [9.17, 15) is 13.2 Å². The summed E-state index contributed by atoms with van der Waals surface area (Å²) < 4.78 is 29.0.